The minimum atomic E-state index is -1.51. The van der Waals surface area contributed by atoms with Crippen LogP contribution in [0.3, 0.4) is 0 Å². The molecule has 0 aliphatic rings. The van der Waals surface area contributed by atoms with E-state index in [0.717, 1.165) is 21.6 Å². The minimum absolute atomic E-state index is 0.0328. The van der Waals surface area contributed by atoms with Crippen LogP contribution < -0.4 is 72.0 Å². The van der Waals surface area contributed by atoms with Gasteiger partial charge in [0.15, 0.2) is 16.9 Å². The standard InChI is InChI=1S/C50H75N17O11S2/c1-3-28(2)40(47(76)61-34(41(53)70)9-4-5-21-51)66-44(73)36(11-7-24-60-50(56)57)63-45(74)37(25-29-13-17-31(68)18-14-29)65-46(75)38(26-30-15-19-32(69)20-16-30)64-43(72)35(10-6-23-59-49(54)55)62-42(71)33(52)27-79-80-48-39(67(77)78)12-8-22-58-48/h8,12-20,22,28,33-38,40,68-69H,3-7,9-11,21,23-27,51-52H2,1-2H3,(H2,53,70)(H,61,76)(H,62,71)(H,63,74)(H,64,72)(H,65,75)(H,66,73)(H4,54,55,59)(H4,56,57,60)/t28-,33-,34-,35-,36-,37-,38-,40-/m0/s1. The molecule has 22 N–H and O–H groups in total. The van der Waals surface area contributed by atoms with Gasteiger partial charge in [0.25, 0.3) is 0 Å². The summed E-state index contributed by atoms with van der Waals surface area (Å²) in [5.74, 6) is -6.97. The Balaban J connectivity index is 2.01. The number of hydrogen-bond acceptors (Lipinski definition) is 18. The number of aliphatic imine (C=N–C) groups is 2. The van der Waals surface area contributed by atoms with E-state index in [-0.39, 0.29) is 97.9 Å². The fourth-order valence-electron chi connectivity index (χ4n) is 7.61. The van der Waals surface area contributed by atoms with Crippen molar-refractivity contribution in [1.82, 2.24) is 36.9 Å². The minimum Gasteiger partial charge on any atom is -0.508 e. The summed E-state index contributed by atoms with van der Waals surface area (Å²) < 4.78 is 0. The number of carbonyl (C=O) groups excluding carboxylic acids is 7. The fourth-order valence-corrected chi connectivity index (χ4v) is 9.79. The summed E-state index contributed by atoms with van der Waals surface area (Å²) in [6, 6.07) is 4.84. The molecule has 1 heterocycles. The van der Waals surface area contributed by atoms with Crippen molar-refractivity contribution in [2.24, 2.45) is 56.0 Å². The zero-order valence-corrected chi connectivity index (χ0v) is 46.2. The highest BCUT2D eigenvalue weighted by atomic mass is 33.1. The first-order chi connectivity index (χ1) is 38.0. The van der Waals surface area contributed by atoms with Gasteiger partial charge in [0.05, 0.1) is 11.0 Å². The van der Waals surface area contributed by atoms with E-state index in [4.69, 9.17) is 40.1 Å². The van der Waals surface area contributed by atoms with Crippen LogP contribution >= 0.6 is 21.6 Å². The number of nitro groups is 1. The number of guanidine groups is 2. The molecule has 8 atom stereocenters. The van der Waals surface area contributed by atoms with Crippen molar-refractivity contribution >= 4 is 80.5 Å². The topological polar surface area (TPSA) is 495 Å². The average Bonchev–Trinajstić information content (AvgIpc) is 3.41. The molecule has 0 aliphatic carbocycles. The van der Waals surface area contributed by atoms with Gasteiger partial charge < -0.3 is 82.2 Å². The molecule has 1 aromatic heterocycles. The van der Waals surface area contributed by atoms with Crippen molar-refractivity contribution in [2.75, 3.05) is 25.4 Å². The first kappa shape index (κ1) is 66.3. The number of pyridine rings is 1. The Kier molecular flexibility index (Phi) is 28.9. The average molecular weight is 1150 g/mol. The van der Waals surface area contributed by atoms with Gasteiger partial charge in [0.1, 0.15) is 47.8 Å². The summed E-state index contributed by atoms with van der Waals surface area (Å²) in [6.07, 6.45) is 2.70. The highest BCUT2D eigenvalue weighted by molar-refractivity contribution is 8.76. The van der Waals surface area contributed by atoms with Gasteiger partial charge >= 0.3 is 5.69 Å². The number of rotatable bonds is 36. The Morgan fingerprint density at radius 3 is 1.55 bits per heavy atom. The van der Waals surface area contributed by atoms with Crippen molar-refractivity contribution in [3.63, 3.8) is 0 Å². The van der Waals surface area contributed by atoms with E-state index in [1.807, 2.05) is 0 Å². The normalized spacial score (nSPS) is 13.9. The van der Waals surface area contributed by atoms with Gasteiger partial charge in [-0.2, -0.15) is 0 Å². The lowest BCUT2D eigenvalue weighted by Crippen LogP contribution is -2.61. The van der Waals surface area contributed by atoms with Crippen molar-refractivity contribution in [2.45, 2.75) is 125 Å². The van der Waals surface area contributed by atoms with Gasteiger partial charge in [-0.05, 0) is 110 Å². The molecule has 0 saturated heterocycles. The second-order valence-electron chi connectivity index (χ2n) is 18.6. The van der Waals surface area contributed by atoms with Crippen molar-refractivity contribution in [3.8, 4) is 11.5 Å². The Morgan fingerprint density at radius 1 is 0.637 bits per heavy atom. The van der Waals surface area contributed by atoms with E-state index in [9.17, 15) is 53.9 Å². The predicted molar refractivity (Wildman–Crippen MR) is 304 cm³/mol. The van der Waals surface area contributed by atoms with Crippen molar-refractivity contribution < 1.29 is 48.7 Å². The summed E-state index contributed by atoms with van der Waals surface area (Å²) in [4.78, 5) is 121. The van der Waals surface area contributed by atoms with E-state index >= 15 is 0 Å². The highest BCUT2D eigenvalue weighted by Crippen LogP contribution is 2.35. The lowest BCUT2D eigenvalue weighted by Gasteiger charge is -2.29. The van der Waals surface area contributed by atoms with Crippen LogP contribution in [0.1, 0.15) is 76.3 Å². The molecule has 0 saturated carbocycles. The van der Waals surface area contributed by atoms with Crippen LogP contribution in [0.15, 0.2) is 81.9 Å². The summed E-state index contributed by atoms with van der Waals surface area (Å²) in [6.45, 7) is 3.93. The van der Waals surface area contributed by atoms with Crippen molar-refractivity contribution in [1.29, 1.82) is 0 Å². The van der Waals surface area contributed by atoms with Gasteiger partial charge in [-0.1, -0.05) is 55.3 Å². The number of phenolic OH excluding ortho intramolecular Hbond substituents is 2. The highest BCUT2D eigenvalue weighted by Gasteiger charge is 2.35. The summed E-state index contributed by atoms with van der Waals surface area (Å²) >= 11 is 0. The molecule has 3 aromatic rings. The molecule has 438 valence electrons. The van der Waals surface area contributed by atoms with E-state index < -0.39 is 94.5 Å². The van der Waals surface area contributed by atoms with Gasteiger partial charge in [0, 0.05) is 43.9 Å². The Bertz CT molecular complexity index is 2590. The number of nitrogens with zero attached hydrogens (tertiary/aromatic N) is 4. The molecule has 0 fully saturated rings. The summed E-state index contributed by atoms with van der Waals surface area (Å²) in [7, 11) is 1.94. The maximum Gasteiger partial charge on any atom is 0.302 e. The van der Waals surface area contributed by atoms with Gasteiger partial charge in [0.2, 0.25) is 41.4 Å². The number of benzene rings is 2. The number of phenols is 2. The van der Waals surface area contributed by atoms with Crippen LogP contribution in [-0.2, 0) is 46.4 Å². The Morgan fingerprint density at radius 2 is 1.09 bits per heavy atom. The molecular formula is C50H75N17O11S2. The number of amides is 7. The van der Waals surface area contributed by atoms with Crippen LogP contribution in [0, 0.1) is 16.0 Å². The van der Waals surface area contributed by atoms with Crippen molar-refractivity contribution in [3.05, 3.63) is 88.1 Å². The Labute approximate surface area is 470 Å². The first-order valence-corrected chi connectivity index (χ1v) is 28.0. The number of aromatic nitrogens is 1. The molecule has 0 radical (unpaired) electrons. The smallest absolute Gasteiger partial charge is 0.302 e. The summed E-state index contributed by atoms with van der Waals surface area (Å²) in [5.41, 5.74) is 40.3. The van der Waals surface area contributed by atoms with Crippen LogP contribution in [0.4, 0.5) is 5.69 Å². The number of nitrogens with one attached hydrogen (secondary N) is 6. The van der Waals surface area contributed by atoms with E-state index in [1.165, 1.54) is 66.9 Å². The van der Waals surface area contributed by atoms with Crippen LogP contribution in [0.5, 0.6) is 11.5 Å². The van der Waals surface area contributed by atoms with Gasteiger partial charge in [-0.15, -0.1) is 0 Å². The molecule has 80 heavy (non-hydrogen) atoms. The largest absolute Gasteiger partial charge is 0.508 e. The SMILES string of the molecule is CC[C@H](C)[C@H](NC(=O)[C@H](CCCN=C(N)N)NC(=O)[C@H](Cc1ccc(O)cc1)NC(=O)[C@H](Cc1ccc(O)cc1)NC(=O)[C@H](CCCN=C(N)N)NC(=O)[C@@H](N)CSSc1ncccc1[N+](=O)[O-])C(=O)N[C@@H](CCCCN)C(N)=O. The van der Waals surface area contributed by atoms with Crippen LogP contribution in [0.25, 0.3) is 0 Å². The molecule has 2 aromatic carbocycles. The third-order valence-corrected chi connectivity index (χ3v) is 14.6. The lowest BCUT2D eigenvalue weighted by atomic mass is 9.96. The molecule has 28 nitrogen and oxygen atoms in total. The number of unbranched alkanes of at least 4 members (excludes halogenated alkanes) is 1. The van der Waals surface area contributed by atoms with Gasteiger partial charge in [-0.3, -0.25) is 53.7 Å². The number of carbonyl (C=O) groups is 7. The maximum absolute atomic E-state index is 14.7. The lowest BCUT2D eigenvalue weighted by molar-refractivity contribution is -0.388. The molecular weight excluding hydrogens is 1080 g/mol. The first-order valence-electron chi connectivity index (χ1n) is 25.7. The van der Waals surface area contributed by atoms with E-state index in [2.05, 4.69) is 46.9 Å². The van der Waals surface area contributed by atoms with E-state index in [0.29, 0.717) is 36.9 Å². The quantitative estimate of drug-likeness (QED) is 0.00797. The second-order valence-corrected chi connectivity index (χ2v) is 20.9. The predicted octanol–water partition coefficient (Wildman–Crippen LogP) is -1.37. The molecule has 0 spiro atoms. The molecule has 0 aliphatic heterocycles. The van der Waals surface area contributed by atoms with Crippen LogP contribution in [0.2, 0.25) is 0 Å². The molecule has 7 amide bonds. The van der Waals surface area contributed by atoms with Gasteiger partial charge in [-0.25, -0.2) is 4.98 Å². The zero-order valence-electron chi connectivity index (χ0n) is 44.6. The molecule has 3 rings (SSSR count). The Hall–Kier alpha value is -7.96. The second kappa shape index (κ2) is 34.8. The monoisotopic (exact) mass is 1150 g/mol. The zero-order chi connectivity index (χ0) is 59.3. The summed E-state index contributed by atoms with van der Waals surface area (Å²) in [5, 5.41) is 47.8. The number of hydrogen-bond donors (Lipinski definition) is 15. The fraction of sp³-hybridized carbons (Fsp3) is 0.480. The van der Waals surface area contributed by atoms with E-state index in [1.54, 1.807) is 13.8 Å². The number of aromatic hydroxyl groups is 2. The third kappa shape index (κ3) is 24.0. The maximum atomic E-state index is 14.7. The number of primary amides is 1. The molecule has 0 unspecified atom stereocenters. The van der Waals surface area contributed by atoms with Crippen LogP contribution in [-0.4, -0.2) is 141 Å². The molecule has 30 heteroatoms. The third-order valence-electron chi connectivity index (χ3n) is 12.2. The molecule has 0 bridgehead atoms. The number of nitrogens with two attached hydrogens (primary N) is 7.